The van der Waals surface area contributed by atoms with Gasteiger partial charge in [0, 0.05) is 0 Å². The number of halogens is 6. The van der Waals surface area contributed by atoms with Gasteiger partial charge in [-0.1, -0.05) is 0 Å². The number of aromatic amines is 1. The fraction of sp³-hybridized carbons (Fsp3) is 0.182. The molecule has 5 N–H and O–H groups in total. The zero-order valence-corrected chi connectivity index (χ0v) is 11.0. The van der Waals surface area contributed by atoms with Gasteiger partial charge in [0.25, 0.3) is 0 Å². The van der Waals surface area contributed by atoms with Gasteiger partial charge < -0.3 is 11.5 Å². The fourth-order valence-corrected chi connectivity index (χ4v) is 1.57. The SMILES string of the molecule is Nc1n[nH]c(N)c1N=Nc1cc(C(F)(F)F)cc(C(F)(F)F)c1. The van der Waals surface area contributed by atoms with Gasteiger partial charge in [0.1, 0.15) is 5.82 Å². The average Bonchev–Trinajstić information content (AvgIpc) is 2.73. The fourth-order valence-electron chi connectivity index (χ4n) is 1.57. The lowest BCUT2D eigenvalue weighted by atomic mass is 10.1. The van der Waals surface area contributed by atoms with Crippen molar-refractivity contribution in [2.45, 2.75) is 12.4 Å². The Bertz CT molecular complexity index is 693. The number of nitrogen functional groups attached to an aromatic ring is 2. The number of rotatable bonds is 2. The monoisotopic (exact) mass is 338 g/mol. The Balaban J connectivity index is 2.50. The van der Waals surface area contributed by atoms with E-state index in [1.54, 1.807) is 0 Å². The minimum Gasteiger partial charge on any atom is -0.382 e. The summed E-state index contributed by atoms with van der Waals surface area (Å²) in [6, 6.07) is 0.829. The third-order valence-electron chi connectivity index (χ3n) is 2.63. The average molecular weight is 338 g/mol. The zero-order valence-electron chi connectivity index (χ0n) is 11.0. The third kappa shape index (κ3) is 3.70. The van der Waals surface area contributed by atoms with E-state index in [0.29, 0.717) is 12.1 Å². The van der Waals surface area contributed by atoms with Crippen LogP contribution in [-0.2, 0) is 12.4 Å². The number of hydrogen-bond acceptors (Lipinski definition) is 5. The molecular formula is C11H8F6N6. The number of H-pyrrole nitrogens is 1. The number of aromatic nitrogens is 2. The second-order valence-corrected chi connectivity index (χ2v) is 4.34. The highest BCUT2D eigenvalue weighted by molar-refractivity contribution is 5.70. The summed E-state index contributed by atoms with van der Waals surface area (Å²) in [6.07, 6.45) is -9.95. The highest BCUT2D eigenvalue weighted by Gasteiger charge is 2.37. The molecule has 0 saturated heterocycles. The topological polar surface area (TPSA) is 105 Å². The maximum absolute atomic E-state index is 12.7. The summed E-state index contributed by atoms with van der Waals surface area (Å²) in [6.45, 7) is 0. The van der Waals surface area contributed by atoms with E-state index in [1.165, 1.54) is 0 Å². The predicted octanol–water partition coefficient (Wildman–Crippen LogP) is 4.03. The van der Waals surface area contributed by atoms with E-state index in [4.69, 9.17) is 11.5 Å². The number of benzene rings is 1. The van der Waals surface area contributed by atoms with Crippen LogP contribution in [0.15, 0.2) is 28.4 Å². The Morgan fingerprint density at radius 1 is 0.870 bits per heavy atom. The molecule has 1 heterocycles. The number of nitrogens with two attached hydrogens (primary N) is 2. The first-order valence-electron chi connectivity index (χ1n) is 5.79. The first kappa shape index (κ1) is 16.6. The van der Waals surface area contributed by atoms with Crippen LogP contribution in [0.2, 0.25) is 0 Å². The molecule has 0 radical (unpaired) electrons. The summed E-state index contributed by atoms with van der Waals surface area (Å²) in [5.74, 6) is -0.330. The first-order chi connectivity index (χ1) is 10.5. The predicted molar refractivity (Wildman–Crippen MR) is 68.0 cm³/mol. The van der Waals surface area contributed by atoms with E-state index in [-0.39, 0.29) is 23.4 Å². The van der Waals surface area contributed by atoms with E-state index >= 15 is 0 Å². The molecule has 0 unspecified atom stereocenters. The zero-order chi connectivity index (χ0) is 17.4. The highest BCUT2D eigenvalue weighted by Crippen LogP contribution is 2.38. The molecule has 0 fully saturated rings. The van der Waals surface area contributed by atoms with Crippen LogP contribution in [0.1, 0.15) is 11.1 Å². The summed E-state index contributed by atoms with van der Waals surface area (Å²) in [7, 11) is 0. The van der Waals surface area contributed by atoms with Gasteiger partial charge in [-0.05, 0) is 18.2 Å². The van der Waals surface area contributed by atoms with Gasteiger partial charge in [0.05, 0.1) is 16.8 Å². The van der Waals surface area contributed by atoms with Gasteiger partial charge in [0.15, 0.2) is 11.5 Å². The summed E-state index contributed by atoms with van der Waals surface area (Å²) < 4.78 is 76.1. The molecule has 0 aliphatic rings. The molecule has 1 aromatic carbocycles. The Labute approximate surface area is 124 Å². The van der Waals surface area contributed by atoms with Crippen LogP contribution >= 0.6 is 0 Å². The quantitative estimate of drug-likeness (QED) is 0.568. The molecule has 0 atom stereocenters. The molecule has 23 heavy (non-hydrogen) atoms. The lowest BCUT2D eigenvalue weighted by Crippen LogP contribution is -2.10. The lowest BCUT2D eigenvalue weighted by Gasteiger charge is -2.12. The largest absolute Gasteiger partial charge is 0.416 e. The van der Waals surface area contributed by atoms with Crippen LogP contribution < -0.4 is 11.5 Å². The molecule has 0 saturated carbocycles. The molecular weight excluding hydrogens is 330 g/mol. The molecule has 0 amide bonds. The summed E-state index contributed by atoms with van der Waals surface area (Å²) in [5.41, 5.74) is 6.91. The van der Waals surface area contributed by atoms with Crippen molar-refractivity contribution >= 4 is 23.0 Å². The van der Waals surface area contributed by atoms with Crippen molar-refractivity contribution in [3.05, 3.63) is 29.3 Å². The van der Waals surface area contributed by atoms with Gasteiger partial charge in [-0.15, -0.1) is 5.11 Å². The van der Waals surface area contributed by atoms with Crippen molar-refractivity contribution < 1.29 is 26.3 Å². The van der Waals surface area contributed by atoms with Crippen LogP contribution in [0.4, 0.5) is 49.4 Å². The Kier molecular flexibility index (Phi) is 3.92. The second-order valence-electron chi connectivity index (χ2n) is 4.34. The molecule has 0 spiro atoms. The van der Waals surface area contributed by atoms with Gasteiger partial charge in [-0.25, -0.2) is 0 Å². The normalized spacial score (nSPS) is 13.0. The second kappa shape index (κ2) is 5.44. The Hall–Kier alpha value is -2.79. The van der Waals surface area contributed by atoms with Crippen LogP contribution in [0, 0.1) is 0 Å². The van der Waals surface area contributed by atoms with Crippen molar-refractivity contribution in [2.24, 2.45) is 10.2 Å². The molecule has 0 aliphatic heterocycles. The molecule has 0 bridgehead atoms. The molecule has 6 nitrogen and oxygen atoms in total. The third-order valence-corrected chi connectivity index (χ3v) is 2.63. The molecule has 2 aromatic rings. The minimum absolute atomic E-state index is 0.0143. The van der Waals surface area contributed by atoms with Gasteiger partial charge in [-0.2, -0.15) is 36.6 Å². The van der Waals surface area contributed by atoms with Crippen LogP contribution in [0.25, 0.3) is 0 Å². The smallest absolute Gasteiger partial charge is 0.382 e. The van der Waals surface area contributed by atoms with Crippen molar-refractivity contribution in [1.82, 2.24) is 10.2 Å². The van der Waals surface area contributed by atoms with Crippen molar-refractivity contribution in [3.63, 3.8) is 0 Å². The van der Waals surface area contributed by atoms with E-state index in [9.17, 15) is 26.3 Å². The Morgan fingerprint density at radius 2 is 1.39 bits per heavy atom. The maximum atomic E-state index is 12.7. The van der Waals surface area contributed by atoms with Crippen LogP contribution in [0.3, 0.4) is 0 Å². The van der Waals surface area contributed by atoms with Crippen molar-refractivity contribution in [2.75, 3.05) is 11.5 Å². The Morgan fingerprint density at radius 3 is 1.78 bits per heavy atom. The molecule has 12 heteroatoms. The van der Waals surface area contributed by atoms with E-state index in [1.807, 2.05) is 0 Å². The van der Waals surface area contributed by atoms with Crippen molar-refractivity contribution in [3.8, 4) is 0 Å². The summed E-state index contributed by atoms with van der Waals surface area (Å²) in [4.78, 5) is 0. The number of nitrogens with zero attached hydrogens (tertiary/aromatic N) is 3. The molecule has 1 aromatic heterocycles. The molecule has 124 valence electrons. The van der Waals surface area contributed by atoms with Gasteiger partial charge >= 0.3 is 12.4 Å². The van der Waals surface area contributed by atoms with Crippen LogP contribution in [0.5, 0.6) is 0 Å². The summed E-state index contributed by atoms with van der Waals surface area (Å²) >= 11 is 0. The number of hydrogen-bond donors (Lipinski definition) is 3. The first-order valence-corrected chi connectivity index (χ1v) is 5.79. The number of anilines is 2. The maximum Gasteiger partial charge on any atom is 0.416 e. The number of azo groups is 1. The van der Waals surface area contributed by atoms with E-state index in [2.05, 4.69) is 20.4 Å². The minimum atomic E-state index is -4.97. The highest BCUT2D eigenvalue weighted by atomic mass is 19.4. The summed E-state index contributed by atoms with van der Waals surface area (Å²) in [5, 5.41) is 12.4. The molecule has 0 aliphatic carbocycles. The lowest BCUT2D eigenvalue weighted by molar-refractivity contribution is -0.143. The molecule has 2 rings (SSSR count). The van der Waals surface area contributed by atoms with E-state index in [0.717, 1.165) is 0 Å². The van der Waals surface area contributed by atoms with Crippen molar-refractivity contribution in [1.29, 1.82) is 0 Å². The van der Waals surface area contributed by atoms with E-state index < -0.39 is 29.2 Å². The number of nitrogens with one attached hydrogen (secondary N) is 1. The van der Waals surface area contributed by atoms with Crippen LogP contribution in [-0.4, -0.2) is 10.2 Å². The number of alkyl halides is 6. The van der Waals surface area contributed by atoms with Gasteiger partial charge in [0.2, 0.25) is 0 Å². The standard InChI is InChI=1S/C11H8F6N6/c12-10(13,14)4-1-5(11(15,16)17)3-6(2-4)20-21-7-8(18)22-23-9(7)19/h1-3H,(H5,18,19,22,23). The van der Waals surface area contributed by atoms with Gasteiger partial charge in [-0.3, -0.25) is 5.10 Å².